The molecule has 3 nitrogen and oxygen atoms in total. The molecule has 0 saturated carbocycles. The van der Waals surface area contributed by atoms with Gasteiger partial charge in [0.1, 0.15) is 11.2 Å². The van der Waals surface area contributed by atoms with E-state index in [0.717, 1.165) is 44.4 Å². The van der Waals surface area contributed by atoms with Crippen molar-refractivity contribution < 1.29 is 4.42 Å². The number of nitrogens with zero attached hydrogens (tertiary/aromatic N) is 2. The normalized spacial score (nSPS) is 12.0. The van der Waals surface area contributed by atoms with Gasteiger partial charge in [0, 0.05) is 43.7 Å². The Morgan fingerprint density at radius 2 is 0.844 bits per heavy atom. The van der Waals surface area contributed by atoms with Gasteiger partial charge >= 0.3 is 0 Å². The molecular formula is C42H26N2O. The van der Waals surface area contributed by atoms with E-state index in [1.807, 2.05) is 12.1 Å². The van der Waals surface area contributed by atoms with Gasteiger partial charge in [0.15, 0.2) is 0 Å². The lowest BCUT2D eigenvalue weighted by Crippen LogP contribution is -1.94. The van der Waals surface area contributed by atoms with Crippen molar-refractivity contribution in [3.8, 4) is 22.5 Å². The summed E-state index contributed by atoms with van der Waals surface area (Å²) in [5.41, 5.74) is 11.2. The van der Waals surface area contributed by atoms with Crippen LogP contribution in [0.3, 0.4) is 0 Å². The maximum atomic E-state index is 6.26. The topological polar surface area (TPSA) is 23.0 Å². The predicted octanol–water partition coefficient (Wildman–Crippen LogP) is 11.4. The molecule has 7 aromatic carbocycles. The van der Waals surface area contributed by atoms with E-state index in [1.54, 1.807) is 0 Å². The molecule has 0 unspecified atom stereocenters. The van der Waals surface area contributed by atoms with Gasteiger partial charge in [-0.25, -0.2) is 0 Å². The summed E-state index contributed by atoms with van der Waals surface area (Å²) in [6, 6.07) is 56.5. The summed E-state index contributed by atoms with van der Waals surface area (Å²) in [6.07, 6.45) is 0. The van der Waals surface area contributed by atoms with Gasteiger partial charge in [0.25, 0.3) is 0 Å². The van der Waals surface area contributed by atoms with E-state index in [4.69, 9.17) is 4.42 Å². The molecule has 0 amide bonds. The number of hydrogen-bond acceptors (Lipinski definition) is 1. The highest BCUT2D eigenvalue weighted by molar-refractivity contribution is 6.29. The summed E-state index contributed by atoms with van der Waals surface area (Å²) < 4.78 is 11.1. The SMILES string of the molecule is c1ccc(-n2c3ccccc3c3c4c5ccc(-c6ccc7c(c6)oc6ccccc67)cc5n(-c5ccccc5)c4ccc32)cc1. The van der Waals surface area contributed by atoms with Gasteiger partial charge in [-0.3, -0.25) is 0 Å². The van der Waals surface area contributed by atoms with Gasteiger partial charge in [-0.2, -0.15) is 0 Å². The highest BCUT2D eigenvalue weighted by Crippen LogP contribution is 2.43. The second-order valence-electron chi connectivity index (χ2n) is 11.8. The molecule has 0 aliphatic carbocycles. The second-order valence-corrected chi connectivity index (χ2v) is 11.8. The minimum atomic E-state index is 0.910. The number of aromatic nitrogens is 2. The van der Waals surface area contributed by atoms with Gasteiger partial charge in [-0.05, 0) is 77.9 Å². The van der Waals surface area contributed by atoms with E-state index in [2.05, 4.69) is 155 Å². The van der Waals surface area contributed by atoms with E-state index >= 15 is 0 Å². The van der Waals surface area contributed by atoms with Crippen LogP contribution >= 0.6 is 0 Å². The zero-order chi connectivity index (χ0) is 29.5. The van der Waals surface area contributed by atoms with Crippen LogP contribution in [0.1, 0.15) is 0 Å². The van der Waals surface area contributed by atoms with Crippen molar-refractivity contribution >= 4 is 65.6 Å². The Kier molecular flexibility index (Phi) is 5.00. The van der Waals surface area contributed by atoms with Crippen LogP contribution in [0.5, 0.6) is 0 Å². The van der Waals surface area contributed by atoms with Crippen molar-refractivity contribution in [2.75, 3.05) is 0 Å². The molecule has 3 heteroatoms. The van der Waals surface area contributed by atoms with Gasteiger partial charge in [0.2, 0.25) is 0 Å². The van der Waals surface area contributed by atoms with E-state index in [1.165, 1.54) is 43.6 Å². The van der Waals surface area contributed by atoms with Crippen LogP contribution in [-0.2, 0) is 0 Å². The molecule has 0 aliphatic rings. The Morgan fingerprint density at radius 1 is 0.333 bits per heavy atom. The molecule has 210 valence electrons. The monoisotopic (exact) mass is 574 g/mol. The molecule has 10 aromatic rings. The van der Waals surface area contributed by atoms with E-state index in [0.29, 0.717) is 0 Å². The maximum absolute atomic E-state index is 6.26. The number of benzene rings is 7. The van der Waals surface area contributed by atoms with Crippen molar-refractivity contribution in [2.45, 2.75) is 0 Å². The fourth-order valence-electron chi connectivity index (χ4n) is 7.36. The molecule has 0 saturated heterocycles. The molecule has 10 rings (SSSR count). The van der Waals surface area contributed by atoms with Gasteiger partial charge in [-0.15, -0.1) is 0 Å². The van der Waals surface area contributed by atoms with Crippen LogP contribution in [0.2, 0.25) is 0 Å². The molecule has 3 heterocycles. The lowest BCUT2D eigenvalue weighted by Gasteiger charge is -2.09. The highest BCUT2D eigenvalue weighted by Gasteiger charge is 2.21. The molecule has 45 heavy (non-hydrogen) atoms. The Balaban J connectivity index is 1.30. The summed E-state index contributed by atoms with van der Waals surface area (Å²) in [5, 5.41) is 7.35. The van der Waals surface area contributed by atoms with E-state index < -0.39 is 0 Å². The number of fused-ring (bicyclic) bond motifs is 10. The average molecular weight is 575 g/mol. The lowest BCUT2D eigenvalue weighted by atomic mass is 10.0. The van der Waals surface area contributed by atoms with Crippen LogP contribution in [0.25, 0.3) is 88.1 Å². The minimum absolute atomic E-state index is 0.910. The fourth-order valence-corrected chi connectivity index (χ4v) is 7.36. The van der Waals surface area contributed by atoms with E-state index in [9.17, 15) is 0 Å². The zero-order valence-corrected chi connectivity index (χ0v) is 24.3. The summed E-state index contributed by atoms with van der Waals surface area (Å²) >= 11 is 0. The minimum Gasteiger partial charge on any atom is -0.456 e. The summed E-state index contributed by atoms with van der Waals surface area (Å²) in [5.74, 6) is 0. The molecule has 0 fully saturated rings. The summed E-state index contributed by atoms with van der Waals surface area (Å²) in [4.78, 5) is 0. The van der Waals surface area contributed by atoms with Crippen LogP contribution in [0.15, 0.2) is 162 Å². The van der Waals surface area contributed by atoms with E-state index in [-0.39, 0.29) is 0 Å². The fraction of sp³-hybridized carbons (Fsp3) is 0. The molecule has 0 spiro atoms. The van der Waals surface area contributed by atoms with Crippen molar-refractivity contribution in [3.63, 3.8) is 0 Å². The number of furan rings is 1. The van der Waals surface area contributed by atoms with Gasteiger partial charge in [-0.1, -0.05) is 91.0 Å². The third kappa shape index (κ3) is 3.46. The molecule has 3 aromatic heterocycles. The Labute approximate surface area is 258 Å². The van der Waals surface area contributed by atoms with Gasteiger partial charge < -0.3 is 13.6 Å². The first kappa shape index (κ1) is 24.4. The smallest absolute Gasteiger partial charge is 0.136 e. The van der Waals surface area contributed by atoms with Crippen LogP contribution in [-0.4, -0.2) is 9.13 Å². The largest absolute Gasteiger partial charge is 0.456 e. The third-order valence-electron chi connectivity index (χ3n) is 9.31. The molecule has 0 bridgehead atoms. The number of para-hydroxylation sites is 4. The Morgan fingerprint density at radius 3 is 1.56 bits per heavy atom. The van der Waals surface area contributed by atoms with Gasteiger partial charge in [0.05, 0.1) is 22.1 Å². The number of rotatable bonds is 3. The Hall–Kier alpha value is -6.06. The lowest BCUT2D eigenvalue weighted by molar-refractivity contribution is 0.669. The second kappa shape index (κ2) is 9.22. The molecule has 0 aliphatic heterocycles. The highest BCUT2D eigenvalue weighted by atomic mass is 16.3. The van der Waals surface area contributed by atoms with Crippen molar-refractivity contribution in [2.24, 2.45) is 0 Å². The van der Waals surface area contributed by atoms with Crippen molar-refractivity contribution in [1.82, 2.24) is 9.13 Å². The van der Waals surface area contributed by atoms with Crippen molar-refractivity contribution in [3.05, 3.63) is 158 Å². The molecule has 0 atom stereocenters. The first-order valence-electron chi connectivity index (χ1n) is 15.4. The quantitative estimate of drug-likeness (QED) is 0.206. The third-order valence-corrected chi connectivity index (χ3v) is 9.31. The summed E-state index contributed by atoms with van der Waals surface area (Å²) in [6.45, 7) is 0. The standard InChI is InChI=1S/C42H26N2O/c1-3-11-29(12-4-1)43-35-17-9-7-16-33(35)41-36(43)23-24-37-42(41)34-22-20-27(25-38(34)44(37)30-13-5-2-6-14-30)28-19-21-32-31-15-8-10-18-39(31)45-40(32)26-28/h1-26H. The molecule has 0 radical (unpaired) electrons. The molecule has 0 N–H and O–H groups in total. The first-order valence-corrected chi connectivity index (χ1v) is 15.4. The first-order chi connectivity index (χ1) is 22.3. The Bertz CT molecular complexity index is 2740. The predicted molar refractivity (Wildman–Crippen MR) is 188 cm³/mol. The zero-order valence-electron chi connectivity index (χ0n) is 24.3. The summed E-state index contributed by atoms with van der Waals surface area (Å²) in [7, 11) is 0. The average Bonchev–Trinajstić information content (AvgIpc) is 3.75. The number of hydrogen-bond donors (Lipinski definition) is 0. The van der Waals surface area contributed by atoms with Crippen LogP contribution in [0.4, 0.5) is 0 Å². The van der Waals surface area contributed by atoms with Crippen LogP contribution < -0.4 is 0 Å². The van der Waals surface area contributed by atoms with Crippen LogP contribution in [0, 0.1) is 0 Å². The molecular weight excluding hydrogens is 548 g/mol. The van der Waals surface area contributed by atoms with Crippen molar-refractivity contribution in [1.29, 1.82) is 0 Å². The maximum Gasteiger partial charge on any atom is 0.136 e.